The Morgan fingerprint density at radius 3 is 2.82 bits per heavy atom. The molecule has 2 heterocycles. The molecule has 0 aromatic rings. The summed E-state index contributed by atoms with van der Waals surface area (Å²) in [4.78, 5) is 13.9. The standard InChI is InChI=1S/C12H22N2O3/c13-8-11-9-14(5-7-17-11)12(15)4-3-10-2-1-6-16-10/h10-11H,1-9,13H2/t10-,11-/m1/s1. The maximum Gasteiger partial charge on any atom is 0.222 e. The molecule has 17 heavy (non-hydrogen) atoms. The third-order valence-electron chi connectivity index (χ3n) is 3.46. The molecule has 0 spiro atoms. The summed E-state index contributed by atoms with van der Waals surface area (Å²) in [5.74, 6) is 0.210. The molecular weight excluding hydrogens is 220 g/mol. The van der Waals surface area contributed by atoms with Crippen LogP contribution in [0.5, 0.6) is 0 Å². The van der Waals surface area contributed by atoms with E-state index in [1.54, 1.807) is 0 Å². The van der Waals surface area contributed by atoms with E-state index < -0.39 is 0 Å². The van der Waals surface area contributed by atoms with E-state index in [1.807, 2.05) is 4.90 Å². The molecule has 0 aromatic heterocycles. The highest BCUT2D eigenvalue weighted by Gasteiger charge is 2.24. The fraction of sp³-hybridized carbons (Fsp3) is 0.917. The van der Waals surface area contributed by atoms with Gasteiger partial charge in [0.05, 0.1) is 18.8 Å². The lowest BCUT2D eigenvalue weighted by atomic mass is 10.1. The van der Waals surface area contributed by atoms with Crippen molar-refractivity contribution in [1.82, 2.24) is 4.90 Å². The molecule has 5 nitrogen and oxygen atoms in total. The van der Waals surface area contributed by atoms with Gasteiger partial charge in [0.15, 0.2) is 0 Å². The lowest BCUT2D eigenvalue weighted by Crippen LogP contribution is -2.48. The minimum absolute atomic E-state index is 0.00966. The number of morpholine rings is 1. The Balaban J connectivity index is 1.71. The van der Waals surface area contributed by atoms with Crippen molar-refractivity contribution in [3.8, 4) is 0 Å². The second kappa shape index (κ2) is 6.33. The molecule has 0 aromatic carbocycles. The molecule has 2 rings (SSSR count). The lowest BCUT2D eigenvalue weighted by Gasteiger charge is -2.32. The molecule has 0 unspecified atom stereocenters. The van der Waals surface area contributed by atoms with E-state index in [1.165, 1.54) is 0 Å². The number of hydrogen-bond acceptors (Lipinski definition) is 4. The molecule has 2 aliphatic rings. The van der Waals surface area contributed by atoms with E-state index in [0.29, 0.717) is 38.8 Å². The zero-order chi connectivity index (χ0) is 12.1. The normalized spacial score (nSPS) is 29.6. The summed E-state index contributed by atoms with van der Waals surface area (Å²) in [5.41, 5.74) is 5.56. The molecule has 2 saturated heterocycles. The van der Waals surface area contributed by atoms with Gasteiger partial charge in [0.2, 0.25) is 5.91 Å². The highest BCUT2D eigenvalue weighted by atomic mass is 16.5. The second-order valence-corrected chi connectivity index (χ2v) is 4.74. The predicted molar refractivity (Wildman–Crippen MR) is 63.6 cm³/mol. The van der Waals surface area contributed by atoms with E-state index in [9.17, 15) is 4.79 Å². The van der Waals surface area contributed by atoms with Crippen LogP contribution < -0.4 is 5.73 Å². The fourth-order valence-electron chi connectivity index (χ4n) is 2.40. The maximum absolute atomic E-state index is 12.0. The Morgan fingerprint density at radius 2 is 2.12 bits per heavy atom. The Morgan fingerprint density at radius 1 is 1.29 bits per heavy atom. The molecule has 1 amide bonds. The van der Waals surface area contributed by atoms with Crippen molar-refractivity contribution in [2.75, 3.05) is 32.8 Å². The van der Waals surface area contributed by atoms with Crippen molar-refractivity contribution in [3.63, 3.8) is 0 Å². The third kappa shape index (κ3) is 3.66. The van der Waals surface area contributed by atoms with Gasteiger partial charge in [-0.25, -0.2) is 0 Å². The first-order valence-electron chi connectivity index (χ1n) is 6.50. The number of rotatable bonds is 4. The van der Waals surface area contributed by atoms with E-state index in [2.05, 4.69) is 0 Å². The third-order valence-corrected chi connectivity index (χ3v) is 3.46. The molecule has 98 valence electrons. The lowest BCUT2D eigenvalue weighted by molar-refractivity contribution is -0.139. The molecular formula is C12H22N2O3. The SMILES string of the molecule is NC[C@@H]1CN(C(=O)CC[C@H]2CCCO2)CCO1. The van der Waals surface area contributed by atoms with Crippen molar-refractivity contribution in [2.24, 2.45) is 5.73 Å². The van der Waals surface area contributed by atoms with Crippen molar-refractivity contribution in [3.05, 3.63) is 0 Å². The maximum atomic E-state index is 12.0. The molecule has 0 bridgehead atoms. The van der Waals surface area contributed by atoms with Gasteiger partial charge in [-0.2, -0.15) is 0 Å². The van der Waals surface area contributed by atoms with Crippen LogP contribution in [-0.2, 0) is 14.3 Å². The Labute approximate surface area is 102 Å². The summed E-state index contributed by atoms with van der Waals surface area (Å²) in [6.45, 7) is 3.27. The molecule has 0 radical (unpaired) electrons. The van der Waals surface area contributed by atoms with Gasteiger partial charge >= 0.3 is 0 Å². The first-order chi connectivity index (χ1) is 8.29. The van der Waals surface area contributed by atoms with Gasteiger partial charge < -0.3 is 20.1 Å². The summed E-state index contributed by atoms with van der Waals surface area (Å²) in [5, 5.41) is 0. The number of carbonyl (C=O) groups excluding carboxylic acids is 1. The molecule has 2 aliphatic heterocycles. The fourth-order valence-corrected chi connectivity index (χ4v) is 2.40. The van der Waals surface area contributed by atoms with Gasteiger partial charge in [-0.05, 0) is 19.3 Å². The van der Waals surface area contributed by atoms with Crippen molar-refractivity contribution in [1.29, 1.82) is 0 Å². The van der Waals surface area contributed by atoms with Crippen LogP contribution in [0.25, 0.3) is 0 Å². The number of carbonyl (C=O) groups is 1. The van der Waals surface area contributed by atoms with Crippen molar-refractivity contribution in [2.45, 2.75) is 37.9 Å². The molecule has 2 fully saturated rings. The molecule has 0 saturated carbocycles. The monoisotopic (exact) mass is 242 g/mol. The number of hydrogen-bond donors (Lipinski definition) is 1. The molecule has 0 aliphatic carbocycles. The number of ether oxygens (including phenoxy) is 2. The van der Waals surface area contributed by atoms with Gasteiger partial charge in [0.25, 0.3) is 0 Å². The van der Waals surface area contributed by atoms with E-state index in [4.69, 9.17) is 15.2 Å². The quantitative estimate of drug-likeness (QED) is 0.761. The van der Waals surface area contributed by atoms with Gasteiger partial charge in [-0.1, -0.05) is 0 Å². The first kappa shape index (κ1) is 12.8. The van der Waals surface area contributed by atoms with E-state index in [0.717, 1.165) is 25.9 Å². The zero-order valence-electron chi connectivity index (χ0n) is 10.3. The summed E-state index contributed by atoms with van der Waals surface area (Å²) in [6, 6.07) is 0. The summed E-state index contributed by atoms with van der Waals surface area (Å²) >= 11 is 0. The highest BCUT2D eigenvalue weighted by Crippen LogP contribution is 2.17. The van der Waals surface area contributed by atoms with Crippen molar-refractivity contribution < 1.29 is 14.3 Å². The van der Waals surface area contributed by atoms with Crippen LogP contribution in [0, 0.1) is 0 Å². The van der Waals surface area contributed by atoms with Gasteiger partial charge in [-0.15, -0.1) is 0 Å². The van der Waals surface area contributed by atoms with Crippen LogP contribution in [-0.4, -0.2) is 55.9 Å². The Kier molecular flexibility index (Phi) is 4.76. The van der Waals surface area contributed by atoms with Gasteiger partial charge in [0.1, 0.15) is 0 Å². The number of nitrogens with zero attached hydrogens (tertiary/aromatic N) is 1. The largest absolute Gasteiger partial charge is 0.378 e. The summed E-state index contributed by atoms with van der Waals surface area (Å²) in [6.07, 6.45) is 3.97. The minimum Gasteiger partial charge on any atom is -0.378 e. The van der Waals surface area contributed by atoms with Gasteiger partial charge in [-0.3, -0.25) is 4.79 Å². The predicted octanol–water partition coefficient (Wildman–Crippen LogP) is 0.132. The minimum atomic E-state index is 0.00966. The van der Waals surface area contributed by atoms with Gasteiger partial charge in [0, 0.05) is 32.7 Å². The number of nitrogens with two attached hydrogens (primary N) is 1. The molecule has 5 heteroatoms. The number of amides is 1. The van der Waals surface area contributed by atoms with E-state index >= 15 is 0 Å². The first-order valence-corrected chi connectivity index (χ1v) is 6.50. The Bertz CT molecular complexity index is 254. The van der Waals surface area contributed by atoms with Crippen molar-refractivity contribution >= 4 is 5.91 Å². The van der Waals surface area contributed by atoms with E-state index in [-0.39, 0.29) is 12.0 Å². The van der Waals surface area contributed by atoms with Crippen LogP contribution in [0.15, 0.2) is 0 Å². The average molecular weight is 242 g/mol. The van der Waals surface area contributed by atoms with Crippen LogP contribution in [0.2, 0.25) is 0 Å². The zero-order valence-corrected chi connectivity index (χ0v) is 10.3. The smallest absolute Gasteiger partial charge is 0.222 e. The summed E-state index contributed by atoms with van der Waals surface area (Å²) in [7, 11) is 0. The van der Waals surface area contributed by atoms with Crippen LogP contribution >= 0.6 is 0 Å². The average Bonchev–Trinajstić information content (AvgIpc) is 2.89. The summed E-state index contributed by atoms with van der Waals surface area (Å²) < 4.78 is 11.0. The van der Waals surface area contributed by atoms with Crippen LogP contribution in [0.3, 0.4) is 0 Å². The topological polar surface area (TPSA) is 64.8 Å². The molecule has 2 atom stereocenters. The van der Waals surface area contributed by atoms with Crippen LogP contribution in [0.4, 0.5) is 0 Å². The Hall–Kier alpha value is -0.650. The second-order valence-electron chi connectivity index (χ2n) is 4.74. The van der Waals surface area contributed by atoms with Crippen LogP contribution in [0.1, 0.15) is 25.7 Å². The highest BCUT2D eigenvalue weighted by molar-refractivity contribution is 5.76. The molecule has 2 N–H and O–H groups in total.